The van der Waals surface area contributed by atoms with Gasteiger partial charge in [-0.2, -0.15) is 0 Å². The molecule has 0 aliphatic heterocycles. The number of para-hydroxylation sites is 1. The summed E-state index contributed by atoms with van der Waals surface area (Å²) in [5, 5.41) is 6.32. The fourth-order valence-electron chi connectivity index (χ4n) is 1.93. The largest absolute Gasteiger partial charge is 0.384 e. The van der Waals surface area contributed by atoms with Gasteiger partial charge in [-0.1, -0.05) is 19.1 Å². The van der Waals surface area contributed by atoms with Crippen molar-refractivity contribution in [2.75, 3.05) is 25.5 Å². The van der Waals surface area contributed by atoms with Gasteiger partial charge in [-0.05, 0) is 45.5 Å². The molecule has 0 saturated heterocycles. The van der Waals surface area contributed by atoms with Gasteiger partial charge < -0.3 is 10.6 Å². The van der Waals surface area contributed by atoms with Crippen LogP contribution < -0.4 is 15.4 Å². The van der Waals surface area contributed by atoms with Crippen LogP contribution in [0.25, 0.3) is 0 Å². The van der Waals surface area contributed by atoms with E-state index in [0.29, 0.717) is 16.5 Å². The first-order chi connectivity index (χ1) is 9.36. The van der Waals surface area contributed by atoms with Gasteiger partial charge in [0.05, 0.1) is 5.69 Å². The summed E-state index contributed by atoms with van der Waals surface area (Å²) in [6.07, 6.45) is 0. The third-order valence-electron chi connectivity index (χ3n) is 2.76. The van der Waals surface area contributed by atoms with Gasteiger partial charge in [0.1, 0.15) is 4.90 Å². The summed E-state index contributed by atoms with van der Waals surface area (Å²) in [6, 6.07) is 6.85. The Morgan fingerprint density at radius 2 is 1.75 bits per heavy atom. The summed E-state index contributed by atoms with van der Waals surface area (Å²) < 4.78 is 27.1. The predicted molar refractivity (Wildman–Crippen MR) is 83.5 cm³/mol. The van der Waals surface area contributed by atoms with E-state index >= 15 is 0 Å². The Hall–Kier alpha value is -1.11. The molecule has 0 fully saturated rings. The molecule has 114 valence electrons. The fraction of sp³-hybridized carbons (Fsp3) is 0.571. The molecule has 3 N–H and O–H groups in total. The summed E-state index contributed by atoms with van der Waals surface area (Å²) in [4.78, 5) is 0.297. The summed E-state index contributed by atoms with van der Waals surface area (Å²) in [6.45, 7) is 7.32. The van der Waals surface area contributed by atoms with Crippen LogP contribution in [0.5, 0.6) is 0 Å². The third-order valence-corrected chi connectivity index (χ3v) is 4.48. The predicted octanol–water partition coefficient (Wildman–Crippen LogP) is 1.64. The smallest absolute Gasteiger partial charge is 0.242 e. The molecule has 0 heterocycles. The Labute approximate surface area is 122 Å². The van der Waals surface area contributed by atoms with Gasteiger partial charge in [0, 0.05) is 12.6 Å². The first-order valence-corrected chi connectivity index (χ1v) is 8.35. The van der Waals surface area contributed by atoms with E-state index in [0.717, 1.165) is 13.1 Å². The SMILES string of the molecule is CNCC(C)CNc1ccccc1S(=O)(=O)NC(C)C. The maximum Gasteiger partial charge on any atom is 0.242 e. The van der Waals surface area contributed by atoms with Crippen molar-refractivity contribution >= 4 is 15.7 Å². The molecular formula is C14H25N3O2S. The lowest BCUT2D eigenvalue weighted by atomic mass is 10.2. The van der Waals surface area contributed by atoms with Crippen molar-refractivity contribution in [1.29, 1.82) is 0 Å². The maximum absolute atomic E-state index is 12.3. The van der Waals surface area contributed by atoms with Gasteiger partial charge in [0.2, 0.25) is 10.0 Å². The first-order valence-electron chi connectivity index (χ1n) is 6.86. The molecule has 0 spiro atoms. The van der Waals surface area contributed by atoms with Gasteiger partial charge in [-0.25, -0.2) is 13.1 Å². The third kappa shape index (κ3) is 5.11. The number of anilines is 1. The summed E-state index contributed by atoms with van der Waals surface area (Å²) in [5.41, 5.74) is 0.642. The van der Waals surface area contributed by atoms with Gasteiger partial charge in [0.15, 0.2) is 0 Å². The second kappa shape index (κ2) is 7.61. The second-order valence-electron chi connectivity index (χ2n) is 5.32. The molecular weight excluding hydrogens is 274 g/mol. The van der Waals surface area contributed by atoms with E-state index in [-0.39, 0.29) is 6.04 Å². The standard InChI is InChI=1S/C14H25N3O2S/c1-11(2)17-20(18,19)14-8-6-5-7-13(14)16-10-12(3)9-15-4/h5-8,11-12,15-17H,9-10H2,1-4H3. The zero-order chi connectivity index (χ0) is 15.2. The topological polar surface area (TPSA) is 70.2 Å². The van der Waals surface area contributed by atoms with Crippen LogP contribution in [-0.4, -0.2) is 34.6 Å². The average molecular weight is 299 g/mol. The zero-order valence-corrected chi connectivity index (χ0v) is 13.4. The number of hydrogen-bond donors (Lipinski definition) is 3. The molecule has 0 amide bonds. The van der Waals surface area contributed by atoms with Crippen LogP contribution in [0, 0.1) is 5.92 Å². The van der Waals surface area contributed by atoms with Crippen LogP contribution in [0.1, 0.15) is 20.8 Å². The zero-order valence-electron chi connectivity index (χ0n) is 12.6. The van der Waals surface area contributed by atoms with E-state index in [9.17, 15) is 8.42 Å². The monoisotopic (exact) mass is 299 g/mol. The molecule has 1 aromatic rings. The lowest BCUT2D eigenvalue weighted by molar-refractivity contribution is 0.564. The molecule has 20 heavy (non-hydrogen) atoms. The Kier molecular flexibility index (Phi) is 6.45. The molecule has 1 atom stereocenters. The quantitative estimate of drug-likeness (QED) is 0.682. The van der Waals surface area contributed by atoms with Crippen LogP contribution in [-0.2, 0) is 10.0 Å². The van der Waals surface area contributed by atoms with Crippen LogP contribution >= 0.6 is 0 Å². The van der Waals surface area contributed by atoms with Gasteiger partial charge in [0.25, 0.3) is 0 Å². The normalized spacial score (nSPS) is 13.4. The highest BCUT2D eigenvalue weighted by Crippen LogP contribution is 2.21. The number of benzene rings is 1. The lowest BCUT2D eigenvalue weighted by Gasteiger charge is -2.17. The number of sulfonamides is 1. The van der Waals surface area contributed by atoms with E-state index in [1.165, 1.54) is 0 Å². The highest BCUT2D eigenvalue weighted by atomic mass is 32.2. The van der Waals surface area contributed by atoms with Gasteiger partial charge in [-0.15, -0.1) is 0 Å². The fourth-order valence-corrected chi connectivity index (χ4v) is 3.36. The Balaban J connectivity index is 2.88. The molecule has 1 rings (SSSR count). The van der Waals surface area contributed by atoms with Crippen molar-refractivity contribution in [3.05, 3.63) is 24.3 Å². The van der Waals surface area contributed by atoms with Crippen molar-refractivity contribution in [1.82, 2.24) is 10.0 Å². The van der Waals surface area contributed by atoms with E-state index in [2.05, 4.69) is 22.3 Å². The van der Waals surface area contributed by atoms with E-state index in [1.807, 2.05) is 27.0 Å². The van der Waals surface area contributed by atoms with E-state index < -0.39 is 10.0 Å². The summed E-state index contributed by atoms with van der Waals surface area (Å²) >= 11 is 0. The van der Waals surface area contributed by atoms with Crippen molar-refractivity contribution in [2.24, 2.45) is 5.92 Å². The number of nitrogens with one attached hydrogen (secondary N) is 3. The van der Waals surface area contributed by atoms with Crippen molar-refractivity contribution in [3.63, 3.8) is 0 Å². The Bertz CT molecular complexity index is 515. The molecule has 0 aromatic heterocycles. The van der Waals surface area contributed by atoms with E-state index in [4.69, 9.17) is 0 Å². The molecule has 1 aromatic carbocycles. The Morgan fingerprint density at radius 3 is 2.35 bits per heavy atom. The molecule has 6 heteroatoms. The molecule has 1 unspecified atom stereocenters. The van der Waals surface area contributed by atoms with Crippen LogP contribution in [0.15, 0.2) is 29.2 Å². The van der Waals surface area contributed by atoms with Gasteiger partial charge >= 0.3 is 0 Å². The number of hydrogen-bond acceptors (Lipinski definition) is 4. The average Bonchev–Trinajstić information content (AvgIpc) is 2.35. The second-order valence-corrected chi connectivity index (χ2v) is 7.00. The highest BCUT2D eigenvalue weighted by Gasteiger charge is 2.19. The van der Waals surface area contributed by atoms with Crippen LogP contribution in [0.2, 0.25) is 0 Å². The van der Waals surface area contributed by atoms with Crippen LogP contribution in [0.3, 0.4) is 0 Å². The highest BCUT2D eigenvalue weighted by molar-refractivity contribution is 7.89. The molecule has 5 nitrogen and oxygen atoms in total. The van der Waals surface area contributed by atoms with Crippen LogP contribution in [0.4, 0.5) is 5.69 Å². The molecule has 0 aliphatic carbocycles. The van der Waals surface area contributed by atoms with Crippen molar-refractivity contribution in [2.45, 2.75) is 31.7 Å². The minimum Gasteiger partial charge on any atom is -0.384 e. The molecule has 0 aliphatic rings. The van der Waals surface area contributed by atoms with Crippen molar-refractivity contribution < 1.29 is 8.42 Å². The lowest BCUT2D eigenvalue weighted by Crippen LogP contribution is -2.31. The molecule has 0 radical (unpaired) electrons. The minimum atomic E-state index is -3.48. The van der Waals surface area contributed by atoms with Crippen molar-refractivity contribution in [3.8, 4) is 0 Å². The number of rotatable bonds is 8. The van der Waals surface area contributed by atoms with E-state index in [1.54, 1.807) is 18.2 Å². The summed E-state index contributed by atoms with van der Waals surface area (Å²) in [7, 11) is -1.57. The minimum absolute atomic E-state index is 0.128. The Morgan fingerprint density at radius 1 is 1.10 bits per heavy atom. The maximum atomic E-state index is 12.3. The summed E-state index contributed by atoms with van der Waals surface area (Å²) in [5.74, 6) is 0.411. The van der Waals surface area contributed by atoms with Gasteiger partial charge in [-0.3, -0.25) is 0 Å². The molecule has 0 bridgehead atoms. The molecule has 0 saturated carbocycles. The first kappa shape index (κ1) is 16.9.